The zero-order valence-corrected chi connectivity index (χ0v) is 22.3. The number of benzene rings is 1. The van der Waals surface area contributed by atoms with Crippen LogP contribution in [-0.2, 0) is 39.1 Å². The maximum absolute atomic E-state index is 11.7. The van der Waals surface area contributed by atoms with Crippen LogP contribution in [0.3, 0.4) is 0 Å². The predicted molar refractivity (Wildman–Crippen MR) is 133 cm³/mol. The van der Waals surface area contributed by atoms with Crippen LogP contribution in [0.2, 0.25) is 0 Å². The number of aromatic nitrogens is 2. The molecule has 2 aliphatic heterocycles. The third kappa shape index (κ3) is 10.7. The molecule has 1 aromatic carbocycles. The largest absolute Gasteiger partial charge is 0.490 e. The first-order valence-electron chi connectivity index (χ1n) is 11.7. The Balaban J connectivity index is 0.000000349. The van der Waals surface area contributed by atoms with Crippen LogP contribution in [0, 0.1) is 0 Å². The minimum atomic E-state index is -5.08. The standard InChI is InChI=1S/C20H24N4O2S.2C2HF3O2/c1-27(25,26)24-11-7-17(8-12-24)20-18-14-23(10-9-19(18)21-15-22-20)13-16-5-3-2-4-6-16;2*3-2(4,5)1(6)7/h2-7,15H,8-14H2,1H3;2*(H,6,7). The van der Waals surface area contributed by atoms with Gasteiger partial charge in [-0.25, -0.2) is 28.0 Å². The summed E-state index contributed by atoms with van der Waals surface area (Å²) in [5.74, 6) is -5.51. The number of alkyl halides is 6. The number of hydrogen-bond donors (Lipinski definition) is 2. The van der Waals surface area contributed by atoms with Crippen LogP contribution >= 0.6 is 0 Å². The molecule has 0 aliphatic carbocycles. The number of carboxylic acids is 2. The SMILES string of the molecule is CS(=O)(=O)N1CC=C(c2ncnc3c2CN(Cc2ccccc2)CC3)CC1.O=C(O)C(F)(F)F.O=C(O)C(F)(F)F. The molecular weight excluding hydrogens is 586 g/mol. The lowest BCUT2D eigenvalue weighted by Crippen LogP contribution is -2.34. The summed E-state index contributed by atoms with van der Waals surface area (Å²) in [6.07, 6.45) is -3.65. The van der Waals surface area contributed by atoms with E-state index < -0.39 is 34.3 Å². The Morgan fingerprint density at radius 3 is 1.95 bits per heavy atom. The van der Waals surface area contributed by atoms with Gasteiger partial charge in [0.2, 0.25) is 10.0 Å². The van der Waals surface area contributed by atoms with E-state index in [0.717, 1.165) is 43.0 Å². The summed E-state index contributed by atoms with van der Waals surface area (Å²) >= 11 is 0. The molecule has 0 saturated carbocycles. The Labute approximate surface area is 231 Å². The molecular formula is C24H26F6N4O6S. The third-order valence-corrected chi connectivity index (χ3v) is 7.03. The number of rotatable bonds is 4. The van der Waals surface area contributed by atoms with Gasteiger partial charge < -0.3 is 10.2 Å². The third-order valence-electron chi connectivity index (χ3n) is 5.76. The fourth-order valence-corrected chi connectivity index (χ4v) is 4.59. The Bertz CT molecular complexity index is 1330. The molecule has 0 unspecified atom stereocenters. The summed E-state index contributed by atoms with van der Waals surface area (Å²) in [6, 6.07) is 10.5. The van der Waals surface area contributed by atoms with E-state index in [1.807, 2.05) is 12.1 Å². The van der Waals surface area contributed by atoms with Gasteiger partial charge in [-0.3, -0.25) is 4.90 Å². The summed E-state index contributed by atoms with van der Waals surface area (Å²) < 4.78 is 88.5. The van der Waals surface area contributed by atoms with Crippen LogP contribution in [0.15, 0.2) is 42.7 Å². The van der Waals surface area contributed by atoms with Crippen molar-refractivity contribution < 1.29 is 54.6 Å². The first kappa shape index (κ1) is 33.6. The van der Waals surface area contributed by atoms with Crippen molar-refractivity contribution in [1.82, 2.24) is 19.2 Å². The molecule has 2 aliphatic rings. The van der Waals surface area contributed by atoms with Crippen LogP contribution in [0.5, 0.6) is 0 Å². The van der Waals surface area contributed by atoms with E-state index in [4.69, 9.17) is 19.8 Å². The van der Waals surface area contributed by atoms with Gasteiger partial charge in [0, 0.05) is 44.7 Å². The summed E-state index contributed by atoms with van der Waals surface area (Å²) in [4.78, 5) is 29.3. The van der Waals surface area contributed by atoms with Gasteiger partial charge in [0.25, 0.3) is 0 Å². The number of hydrogen-bond acceptors (Lipinski definition) is 7. The molecule has 0 radical (unpaired) electrons. The normalized spacial score (nSPS) is 16.2. The van der Waals surface area contributed by atoms with Gasteiger partial charge in [0.05, 0.1) is 17.6 Å². The van der Waals surface area contributed by atoms with Crippen molar-refractivity contribution in [3.63, 3.8) is 0 Å². The van der Waals surface area contributed by atoms with E-state index in [1.54, 1.807) is 6.33 Å². The van der Waals surface area contributed by atoms with E-state index in [2.05, 4.69) is 39.1 Å². The minimum absolute atomic E-state index is 0.417. The Morgan fingerprint density at radius 1 is 0.927 bits per heavy atom. The fraction of sp³-hybridized carbons (Fsp3) is 0.417. The number of aliphatic carboxylic acids is 2. The fourth-order valence-electron chi connectivity index (χ4n) is 3.82. The first-order chi connectivity index (χ1) is 18.9. The van der Waals surface area contributed by atoms with Gasteiger partial charge in [0.1, 0.15) is 6.33 Å². The molecule has 3 heterocycles. The van der Waals surface area contributed by atoms with Crippen LogP contribution in [0.4, 0.5) is 26.3 Å². The van der Waals surface area contributed by atoms with E-state index in [-0.39, 0.29) is 0 Å². The molecule has 41 heavy (non-hydrogen) atoms. The quantitative estimate of drug-likeness (QED) is 0.498. The molecule has 0 bridgehead atoms. The highest BCUT2D eigenvalue weighted by Crippen LogP contribution is 2.29. The number of carbonyl (C=O) groups is 2. The topological polar surface area (TPSA) is 141 Å². The first-order valence-corrected chi connectivity index (χ1v) is 13.6. The van der Waals surface area contributed by atoms with Crippen molar-refractivity contribution in [1.29, 1.82) is 0 Å². The average molecular weight is 613 g/mol. The molecule has 0 atom stereocenters. The molecule has 0 amide bonds. The van der Waals surface area contributed by atoms with Gasteiger partial charge in [-0.05, 0) is 17.6 Å². The Morgan fingerprint density at radius 2 is 1.49 bits per heavy atom. The molecule has 0 saturated heterocycles. The van der Waals surface area contributed by atoms with Gasteiger partial charge in [-0.15, -0.1) is 0 Å². The molecule has 2 aromatic rings. The zero-order valence-electron chi connectivity index (χ0n) is 21.5. The number of sulfonamides is 1. The molecule has 17 heteroatoms. The molecule has 226 valence electrons. The van der Waals surface area contributed by atoms with Gasteiger partial charge in [-0.2, -0.15) is 30.6 Å². The number of halogens is 6. The monoisotopic (exact) mass is 612 g/mol. The van der Waals surface area contributed by atoms with Crippen LogP contribution in [0.25, 0.3) is 5.57 Å². The number of nitrogens with zero attached hydrogens (tertiary/aromatic N) is 4. The van der Waals surface area contributed by atoms with Crippen molar-refractivity contribution >= 4 is 27.5 Å². The highest BCUT2D eigenvalue weighted by molar-refractivity contribution is 7.88. The Kier molecular flexibility index (Phi) is 11.4. The highest BCUT2D eigenvalue weighted by Gasteiger charge is 2.39. The highest BCUT2D eigenvalue weighted by atomic mass is 32.2. The smallest absolute Gasteiger partial charge is 0.475 e. The van der Waals surface area contributed by atoms with E-state index in [9.17, 15) is 34.8 Å². The van der Waals surface area contributed by atoms with Crippen molar-refractivity contribution in [2.45, 2.75) is 38.3 Å². The molecule has 0 spiro atoms. The van der Waals surface area contributed by atoms with E-state index in [1.165, 1.54) is 21.7 Å². The van der Waals surface area contributed by atoms with E-state index >= 15 is 0 Å². The van der Waals surface area contributed by atoms with Crippen LogP contribution < -0.4 is 0 Å². The lowest BCUT2D eigenvalue weighted by Gasteiger charge is -2.30. The van der Waals surface area contributed by atoms with Crippen molar-refractivity contribution in [2.75, 3.05) is 25.9 Å². The van der Waals surface area contributed by atoms with Gasteiger partial charge >= 0.3 is 24.3 Å². The van der Waals surface area contributed by atoms with Crippen molar-refractivity contribution in [3.05, 3.63) is 65.2 Å². The number of carboxylic acid groups (broad SMARTS) is 2. The summed E-state index contributed by atoms with van der Waals surface area (Å²) in [5, 5.41) is 14.2. The average Bonchev–Trinajstić information content (AvgIpc) is 2.88. The molecule has 2 N–H and O–H groups in total. The lowest BCUT2D eigenvalue weighted by molar-refractivity contribution is -0.193. The van der Waals surface area contributed by atoms with Gasteiger partial charge in [0.15, 0.2) is 0 Å². The Hall–Kier alpha value is -3.57. The zero-order chi connectivity index (χ0) is 31.0. The van der Waals surface area contributed by atoms with Crippen LogP contribution in [-0.4, -0.2) is 88.0 Å². The maximum Gasteiger partial charge on any atom is 0.490 e. The molecule has 0 fully saturated rings. The molecule has 10 nitrogen and oxygen atoms in total. The molecule has 4 rings (SSSR count). The summed E-state index contributed by atoms with van der Waals surface area (Å²) in [7, 11) is -3.14. The molecule has 1 aromatic heterocycles. The summed E-state index contributed by atoms with van der Waals surface area (Å²) in [5.41, 5.74) is 5.75. The second-order valence-electron chi connectivity index (χ2n) is 8.80. The van der Waals surface area contributed by atoms with Gasteiger partial charge in [-0.1, -0.05) is 36.4 Å². The summed E-state index contributed by atoms with van der Waals surface area (Å²) in [6.45, 7) is 3.65. The van der Waals surface area contributed by atoms with Crippen molar-refractivity contribution in [3.8, 4) is 0 Å². The van der Waals surface area contributed by atoms with Crippen molar-refractivity contribution in [2.24, 2.45) is 0 Å². The number of fused-ring (bicyclic) bond motifs is 1. The predicted octanol–water partition coefficient (Wildman–Crippen LogP) is 3.35. The van der Waals surface area contributed by atoms with Crippen LogP contribution in [0.1, 0.15) is 28.9 Å². The lowest BCUT2D eigenvalue weighted by atomic mass is 9.96. The minimum Gasteiger partial charge on any atom is -0.475 e. The maximum atomic E-state index is 11.7. The second kappa shape index (κ2) is 13.9. The second-order valence-corrected chi connectivity index (χ2v) is 10.8. The van der Waals surface area contributed by atoms with E-state index in [0.29, 0.717) is 19.5 Å².